The van der Waals surface area contributed by atoms with Crippen LogP contribution in [0.1, 0.15) is 10.6 Å². The fourth-order valence-electron chi connectivity index (χ4n) is 1.68. The SMILES string of the molecule is COc1ccc(Cl)cc1-c1ccc(=O)oc1C(=O)O. The summed E-state index contributed by atoms with van der Waals surface area (Å²) in [6.45, 7) is 0. The lowest BCUT2D eigenvalue weighted by molar-refractivity contribution is 0.0658. The summed E-state index contributed by atoms with van der Waals surface area (Å²) in [5.74, 6) is -1.36. The second-order valence-corrected chi connectivity index (χ2v) is 4.08. The topological polar surface area (TPSA) is 76.7 Å². The zero-order valence-electron chi connectivity index (χ0n) is 9.84. The first-order chi connectivity index (χ1) is 9.02. The van der Waals surface area contributed by atoms with E-state index in [0.717, 1.165) is 6.07 Å². The first-order valence-electron chi connectivity index (χ1n) is 5.24. The normalized spacial score (nSPS) is 10.2. The van der Waals surface area contributed by atoms with Gasteiger partial charge in [-0.1, -0.05) is 11.6 Å². The Labute approximate surface area is 113 Å². The molecule has 98 valence electrons. The second-order valence-electron chi connectivity index (χ2n) is 3.65. The molecule has 2 aromatic rings. The van der Waals surface area contributed by atoms with Crippen LogP contribution in [0.3, 0.4) is 0 Å². The van der Waals surface area contributed by atoms with E-state index in [0.29, 0.717) is 16.3 Å². The number of hydrogen-bond donors (Lipinski definition) is 1. The van der Waals surface area contributed by atoms with E-state index in [2.05, 4.69) is 0 Å². The molecule has 0 atom stereocenters. The molecule has 1 heterocycles. The van der Waals surface area contributed by atoms with Gasteiger partial charge in [0.2, 0.25) is 5.76 Å². The Hall–Kier alpha value is -2.27. The van der Waals surface area contributed by atoms with Crippen LogP contribution in [-0.2, 0) is 0 Å². The molecule has 1 aromatic carbocycles. The molecule has 0 bridgehead atoms. The molecule has 1 aromatic heterocycles. The van der Waals surface area contributed by atoms with Crippen molar-refractivity contribution in [2.24, 2.45) is 0 Å². The van der Waals surface area contributed by atoms with Crippen LogP contribution in [0.4, 0.5) is 0 Å². The Morgan fingerprint density at radius 3 is 2.63 bits per heavy atom. The molecule has 0 saturated carbocycles. The lowest BCUT2D eigenvalue weighted by atomic mass is 10.0. The number of halogens is 1. The van der Waals surface area contributed by atoms with Crippen LogP contribution in [-0.4, -0.2) is 18.2 Å². The predicted molar refractivity (Wildman–Crippen MR) is 68.9 cm³/mol. The Kier molecular flexibility index (Phi) is 3.57. The fourth-order valence-corrected chi connectivity index (χ4v) is 1.85. The average Bonchev–Trinajstić information content (AvgIpc) is 2.38. The first-order valence-corrected chi connectivity index (χ1v) is 5.62. The Morgan fingerprint density at radius 2 is 2.00 bits per heavy atom. The maximum Gasteiger partial charge on any atom is 0.372 e. The van der Waals surface area contributed by atoms with Crippen molar-refractivity contribution < 1.29 is 19.1 Å². The van der Waals surface area contributed by atoms with Gasteiger partial charge in [0.05, 0.1) is 7.11 Å². The van der Waals surface area contributed by atoms with Crippen LogP contribution in [0.25, 0.3) is 11.1 Å². The largest absolute Gasteiger partial charge is 0.496 e. The molecular weight excluding hydrogens is 272 g/mol. The van der Waals surface area contributed by atoms with Gasteiger partial charge in [0.1, 0.15) is 5.75 Å². The molecule has 0 saturated heterocycles. The molecule has 0 unspecified atom stereocenters. The standard InChI is InChI=1S/C13H9ClO5/c1-18-10-4-2-7(14)6-9(10)8-3-5-11(15)19-12(8)13(16)17/h2-6H,1H3,(H,16,17). The minimum atomic E-state index is -1.34. The quantitative estimate of drug-likeness (QED) is 0.935. The highest BCUT2D eigenvalue weighted by Crippen LogP contribution is 2.34. The Morgan fingerprint density at radius 1 is 1.26 bits per heavy atom. The van der Waals surface area contributed by atoms with E-state index in [4.69, 9.17) is 25.9 Å². The number of rotatable bonds is 3. The van der Waals surface area contributed by atoms with Crippen molar-refractivity contribution in [2.45, 2.75) is 0 Å². The molecule has 19 heavy (non-hydrogen) atoms. The van der Waals surface area contributed by atoms with E-state index >= 15 is 0 Å². The molecule has 0 fully saturated rings. The molecule has 5 nitrogen and oxygen atoms in total. The van der Waals surface area contributed by atoms with E-state index in [1.54, 1.807) is 18.2 Å². The summed E-state index contributed by atoms with van der Waals surface area (Å²) in [5, 5.41) is 9.49. The molecule has 0 spiro atoms. The summed E-state index contributed by atoms with van der Waals surface area (Å²) in [5.41, 5.74) is -0.0651. The van der Waals surface area contributed by atoms with Crippen molar-refractivity contribution in [3.05, 3.63) is 51.5 Å². The van der Waals surface area contributed by atoms with Gasteiger partial charge in [0.25, 0.3) is 0 Å². The van der Waals surface area contributed by atoms with Gasteiger partial charge in [-0.25, -0.2) is 9.59 Å². The molecule has 6 heteroatoms. The number of aromatic carboxylic acids is 1. The monoisotopic (exact) mass is 280 g/mol. The average molecular weight is 281 g/mol. The van der Waals surface area contributed by atoms with Crippen LogP contribution < -0.4 is 10.4 Å². The summed E-state index contributed by atoms with van der Waals surface area (Å²) in [4.78, 5) is 22.2. The van der Waals surface area contributed by atoms with E-state index in [-0.39, 0.29) is 5.56 Å². The second kappa shape index (κ2) is 5.16. The van der Waals surface area contributed by atoms with Crippen molar-refractivity contribution in [1.82, 2.24) is 0 Å². The summed E-state index contributed by atoms with van der Waals surface area (Å²) in [6, 6.07) is 7.27. The summed E-state index contributed by atoms with van der Waals surface area (Å²) < 4.78 is 9.86. The van der Waals surface area contributed by atoms with Gasteiger partial charge in [0.15, 0.2) is 0 Å². The molecule has 0 aliphatic heterocycles. The maximum absolute atomic E-state index is 11.1. The van der Waals surface area contributed by atoms with E-state index in [1.807, 2.05) is 0 Å². The minimum Gasteiger partial charge on any atom is -0.496 e. The van der Waals surface area contributed by atoms with Gasteiger partial charge < -0.3 is 14.3 Å². The number of carboxylic acid groups (broad SMARTS) is 1. The number of carbonyl (C=O) groups is 1. The van der Waals surface area contributed by atoms with Gasteiger partial charge >= 0.3 is 11.6 Å². The summed E-state index contributed by atoms with van der Waals surface area (Å²) >= 11 is 5.89. The van der Waals surface area contributed by atoms with Crippen molar-refractivity contribution in [3.8, 4) is 16.9 Å². The van der Waals surface area contributed by atoms with Gasteiger partial charge in [-0.05, 0) is 24.3 Å². The van der Waals surface area contributed by atoms with Crippen LogP contribution >= 0.6 is 11.6 Å². The van der Waals surface area contributed by atoms with Crippen LogP contribution in [0.2, 0.25) is 5.02 Å². The highest BCUT2D eigenvalue weighted by molar-refractivity contribution is 6.31. The highest BCUT2D eigenvalue weighted by Gasteiger charge is 2.18. The molecule has 0 radical (unpaired) electrons. The molecule has 0 amide bonds. The molecule has 0 aliphatic carbocycles. The molecule has 1 N–H and O–H groups in total. The predicted octanol–water partition coefficient (Wildman–Crippen LogP) is 2.67. The Balaban J connectivity index is 2.74. The minimum absolute atomic E-state index is 0.228. The van der Waals surface area contributed by atoms with Crippen LogP contribution in [0.5, 0.6) is 5.75 Å². The number of ether oxygens (including phenoxy) is 1. The third-order valence-electron chi connectivity index (χ3n) is 2.48. The van der Waals surface area contributed by atoms with Crippen molar-refractivity contribution in [2.75, 3.05) is 7.11 Å². The van der Waals surface area contributed by atoms with Crippen LogP contribution in [0.15, 0.2) is 39.5 Å². The van der Waals surface area contributed by atoms with Crippen molar-refractivity contribution >= 4 is 17.6 Å². The van der Waals surface area contributed by atoms with E-state index in [9.17, 15) is 9.59 Å². The van der Waals surface area contributed by atoms with Gasteiger partial charge in [-0.3, -0.25) is 0 Å². The molecule has 0 aliphatic rings. The highest BCUT2D eigenvalue weighted by atomic mass is 35.5. The van der Waals surface area contributed by atoms with Crippen molar-refractivity contribution in [1.29, 1.82) is 0 Å². The lowest BCUT2D eigenvalue weighted by Gasteiger charge is -2.10. The first kappa shape index (κ1) is 13.2. The van der Waals surface area contributed by atoms with Gasteiger partial charge in [-0.15, -0.1) is 0 Å². The number of benzene rings is 1. The smallest absolute Gasteiger partial charge is 0.372 e. The lowest BCUT2D eigenvalue weighted by Crippen LogP contribution is -2.07. The number of methoxy groups -OCH3 is 1. The number of carboxylic acids is 1. The third kappa shape index (κ3) is 2.61. The number of hydrogen-bond acceptors (Lipinski definition) is 4. The zero-order chi connectivity index (χ0) is 14.0. The third-order valence-corrected chi connectivity index (χ3v) is 2.71. The molecular formula is C13H9ClO5. The van der Waals surface area contributed by atoms with Gasteiger partial charge in [-0.2, -0.15) is 0 Å². The zero-order valence-corrected chi connectivity index (χ0v) is 10.6. The van der Waals surface area contributed by atoms with Crippen molar-refractivity contribution in [3.63, 3.8) is 0 Å². The maximum atomic E-state index is 11.1. The van der Waals surface area contributed by atoms with Gasteiger partial charge in [0, 0.05) is 22.2 Å². The molecule has 2 rings (SSSR count). The summed E-state index contributed by atoms with van der Waals surface area (Å²) in [7, 11) is 1.45. The Bertz CT molecular complexity index is 690. The van der Waals surface area contributed by atoms with Crippen LogP contribution in [0, 0.1) is 0 Å². The fraction of sp³-hybridized carbons (Fsp3) is 0.0769. The van der Waals surface area contributed by atoms with E-state index < -0.39 is 17.4 Å². The van der Waals surface area contributed by atoms with E-state index in [1.165, 1.54) is 13.2 Å². The summed E-state index contributed by atoms with van der Waals surface area (Å²) in [6.07, 6.45) is 0.